The number of halogens is 2. The van der Waals surface area contributed by atoms with E-state index in [0.717, 1.165) is 34.7 Å². The Morgan fingerprint density at radius 1 is 1.44 bits per heavy atom. The molecule has 0 aromatic heterocycles. The second-order valence-corrected chi connectivity index (χ2v) is 7.92. The molecule has 0 aliphatic carbocycles. The minimum atomic E-state index is -0.663. The van der Waals surface area contributed by atoms with Gasteiger partial charge in [-0.15, -0.1) is 24.0 Å². The summed E-state index contributed by atoms with van der Waals surface area (Å²) in [7, 11) is 0. The highest BCUT2D eigenvalue weighted by Crippen LogP contribution is 2.28. The van der Waals surface area contributed by atoms with Crippen LogP contribution in [0.15, 0.2) is 33.7 Å². The summed E-state index contributed by atoms with van der Waals surface area (Å²) in [5.41, 5.74) is -0.663. The lowest BCUT2D eigenvalue weighted by atomic mass is 10.1. The van der Waals surface area contributed by atoms with Crippen molar-refractivity contribution in [3.05, 3.63) is 28.7 Å². The van der Waals surface area contributed by atoms with Gasteiger partial charge in [-0.1, -0.05) is 12.1 Å². The van der Waals surface area contributed by atoms with E-state index in [9.17, 15) is 5.11 Å². The molecule has 25 heavy (non-hydrogen) atoms. The lowest BCUT2D eigenvalue weighted by Crippen LogP contribution is -2.43. The first-order chi connectivity index (χ1) is 11.5. The Morgan fingerprint density at radius 2 is 2.20 bits per heavy atom. The zero-order valence-electron chi connectivity index (χ0n) is 14.6. The van der Waals surface area contributed by atoms with Crippen molar-refractivity contribution in [2.24, 2.45) is 4.99 Å². The molecule has 0 saturated carbocycles. The molecule has 0 bridgehead atoms. The van der Waals surface area contributed by atoms with Gasteiger partial charge in [-0.3, -0.25) is 4.99 Å². The molecule has 1 aromatic rings. The number of nitrogens with zero attached hydrogens (tertiary/aromatic N) is 1. The van der Waals surface area contributed by atoms with Gasteiger partial charge in [0.1, 0.15) is 11.9 Å². The fourth-order valence-corrected chi connectivity index (χ4v) is 3.99. The number of hydrogen-bond donors (Lipinski definition) is 3. The minimum Gasteiger partial charge on any atom is -0.488 e. The molecule has 2 unspecified atom stereocenters. The van der Waals surface area contributed by atoms with Crippen molar-refractivity contribution in [2.75, 3.05) is 31.1 Å². The molecule has 1 aliphatic heterocycles. The summed E-state index contributed by atoms with van der Waals surface area (Å²) in [6.07, 6.45) is 0.792. The average molecular weight is 544 g/mol. The normalized spacial score (nSPS) is 21.4. The van der Waals surface area contributed by atoms with Crippen LogP contribution in [0.2, 0.25) is 0 Å². The van der Waals surface area contributed by atoms with Crippen LogP contribution in [0, 0.1) is 0 Å². The first-order valence-electron chi connectivity index (χ1n) is 8.26. The summed E-state index contributed by atoms with van der Waals surface area (Å²) in [4.78, 5) is 4.53. The van der Waals surface area contributed by atoms with Gasteiger partial charge in [-0.2, -0.15) is 11.8 Å². The number of aliphatic hydroxyl groups is 1. The Bertz CT molecular complexity index is 556. The maximum absolute atomic E-state index is 10.4. The molecular formula is C17H27BrIN3O2S. The number of benzene rings is 1. The summed E-state index contributed by atoms with van der Waals surface area (Å²) in [5, 5.41) is 16.9. The average Bonchev–Trinajstić information content (AvgIpc) is 2.99. The molecule has 1 heterocycles. The predicted molar refractivity (Wildman–Crippen MR) is 121 cm³/mol. The van der Waals surface area contributed by atoms with E-state index in [-0.39, 0.29) is 30.1 Å². The highest BCUT2D eigenvalue weighted by molar-refractivity contribution is 14.0. The van der Waals surface area contributed by atoms with Crippen LogP contribution in [0.25, 0.3) is 0 Å². The standard InChI is InChI=1S/C17H26BrN3O2S.HI/c1-3-19-16(21-11-17(22)8-9-24-12-17)20-10-13(2)23-15-7-5-4-6-14(15)18;/h4-7,13,22H,3,8-12H2,1-2H3,(H2,19,20,21);1H. The van der Waals surface area contributed by atoms with Crippen LogP contribution in [-0.2, 0) is 0 Å². The number of nitrogens with one attached hydrogen (secondary N) is 2. The monoisotopic (exact) mass is 543 g/mol. The Hall–Kier alpha value is -0.190. The van der Waals surface area contributed by atoms with Crippen LogP contribution in [0.1, 0.15) is 20.3 Å². The van der Waals surface area contributed by atoms with Crippen molar-refractivity contribution in [1.82, 2.24) is 10.6 Å². The van der Waals surface area contributed by atoms with Gasteiger partial charge in [0.15, 0.2) is 5.96 Å². The fraction of sp³-hybridized carbons (Fsp3) is 0.588. The number of ether oxygens (including phenoxy) is 1. The summed E-state index contributed by atoms with van der Waals surface area (Å²) < 4.78 is 6.87. The van der Waals surface area contributed by atoms with Crippen LogP contribution < -0.4 is 15.4 Å². The number of guanidine groups is 1. The van der Waals surface area contributed by atoms with Gasteiger partial charge in [0.05, 0.1) is 23.2 Å². The molecule has 5 nitrogen and oxygen atoms in total. The topological polar surface area (TPSA) is 65.9 Å². The van der Waals surface area contributed by atoms with E-state index in [1.807, 2.05) is 38.1 Å². The van der Waals surface area contributed by atoms with Crippen molar-refractivity contribution in [2.45, 2.75) is 32.0 Å². The van der Waals surface area contributed by atoms with Crippen LogP contribution in [0.4, 0.5) is 0 Å². The van der Waals surface area contributed by atoms with E-state index >= 15 is 0 Å². The largest absolute Gasteiger partial charge is 0.488 e. The maximum atomic E-state index is 10.4. The summed E-state index contributed by atoms with van der Waals surface area (Å²) >= 11 is 5.27. The molecule has 1 saturated heterocycles. The highest BCUT2D eigenvalue weighted by atomic mass is 127. The lowest BCUT2D eigenvalue weighted by Gasteiger charge is -2.21. The molecule has 1 aromatic carbocycles. The Morgan fingerprint density at radius 3 is 2.84 bits per heavy atom. The molecule has 8 heteroatoms. The molecule has 1 aliphatic rings. The molecule has 142 valence electrons. The number of para-hydroxylation sites is 1. The SMILES string of the molecule is CCNC(=NCC1(O)CCSC1)NCC(C)Oc1ccccc1Br.I. The molecule has 2 atom stereocenters. The fourth-order valence-electron chi connectivity index (χ4n) is 2.33. The van der Waals surface area contributed by atoms with E-state index in [1.165, 1.54) is 0 Å². The van der Waals surface area contributed by atoms with Gasteiger partial charge >= 0.3 is 0 Å². The molecule has 1 fully saturated rings. The van der Waals surface area contributed by atoms with Crippen LogP contribution in [0.5, 0.6) is 5.75 Å². The lowest BCUT2D eigenvalue weighted by molar-refractivity contribution is 0.0778. The molecule has 3 N–H and O–H groups in total. The van der Waals surface area contributed by atoms with Crippen LogP contribution in [0.3, 0.4) is 0 Å². The second kappa shape index (κ2) is 11.5. The second-order valence-electron chi connectivity index (χ2n) is 5.96. The molecular weight excluding hydrogens is 517 g/mol. The van der Waals surface area contributed by atoms with Crippen molar-refractivity contribution in [1.29, 1.82) is 0 Å². The minimum absolute atomic E-state index is 0. The van der Waals surface area contributed by atoms with Crippen molar-refractivity contribution in [3.63, 3.8) is 0 Å². The molecule has 0 radical (unpaired) electrons. The third kappa shape index (κ3) is 7.92. The molecule has 0 amide bonds. The van der Waals surface area contributed by atoms with Crippen molar-refractivity contribution < 1.29 is 9.84 Å². The number of hydrogen-bond acceptors (Lipinski definition) is 4. The number of aliphatic imine (C=N–C) groups is 1. The first-order valence-corrected chi connectivity index (χ1v) is 10.2. The van der Waals surface area contributed by atoms with E-state index < -0.39 is 5.60 Å². The zero-order valence-corrected chi connectivity index (χ0v) is 19.4. The van der Waals surface area contributed by atoms with E-state index in [1.54, 1.807) is 11.8 Å². The van der Waals surface area contributed by atoms with Gasteiger partial charge in [-0.05, 0) is 54.1 Å². The smallest absolute Gasteiger partial charge is 0.191 e. The van der Waals surface area contributed by atoms with Gasteiger partial charge in [-0.25, -0.2) is 0 Å². The number of rotatable bonds is 7. The van der Waals surface area contributed by atoms with E-state index in [0.29, 0.717) is 19.0 Å². The van der Waals surface area contributed by atoms with Crippen LogP contribution >= 0.6 is 51.7 Å². The Labute approximate surface area is 179 Å². The quantitative estimate of drug-likeness (QED) is 0.280. The third-order valence-electron chi connectivity index (χ3n) is 3.68. The van der Waals surface area contributed by atoms with E-state index in [4.69, 9.17) is 4.74 Å². The Kier molecular flexibility index (Phi) is 10.5. The third-order valence-corrected chi connectivity index (χ3v) is 5.57. The summed E-state index contributed by atoms with van der Waals surface area (Å²) in [6.45, 7) is 5.86. The predicted octanol–water partition coefficient (Wildman–Crippen LogP) is 3.26. The zero-order chi connectivity index (χ0) is 17.4. The van der Waals surface area contributed by atoms with Gasteiger partial charge < -0.3 is 20.5 Å². The van der Waals surface area contributed by atoms with E-state index in [2.05, 4.69) is 31.6 Å². The van der Waals surface area contributed by atoms with Crippen LogP contribution in [-0.4, -0.2) is 53.9 Å². The first kappa shape index (κ1) is 22.9. The van der Waals surface area contributed by atoms with Gasteiger partial charge in [0, 0.05) is 12.3 Å². The Balaban J connectivity index is 0.00000312. The number of thioether (sulfide) groups is 1. The summed E-state index contributed by atoms with van der Waals surface area (Å²) in [6, 6.07) is 7.81. The van der Waals surface area contributed by atoms with Crippen molar-refractivity contribution in [3.8, 4) is 5.75 Å². The van der Waals surface area contributed by atoms with Crippen molar-refractivity contribution >= 4 is 57.6 Å². The summed E-state index contributed by atoms with van der Waals surface area (Å²) in [5.74, 6) is 3.31. The highest BCUT2D eigenvalue weighted by Gasteiger charge is 2.31. The molecule has 0 spiro atoms. The molecule has 2 rings (SSSR count). The maximum Gasteiger partial charge on any atom is 0.191 e. The van der Waals surface area contributed by atoms with Gasteiger partial charge in [0.2, 0.25) is 0 Å². The van der Waals surface area contributed by atoms with Gasteiger partial charge in [0.25, 0.3) is 0 Å².